The molecule has 30 heavy (non-hydrogen) atoms. The van der Waals surface area contributed by atoms with Crippen LogP contribution < -0.4 is 5.32 Å². The van der Waals surface area contributed by atoms with E-state index in [0.717, 1.165) is 38.5 Å². The number of amides is 2. The maximum absolute atomic E-state index is 13.3. The third kappa shape index (κ3) is 5.31. The quantitative estimate of drug-likeness (QED) is 0.711. The number of rotatable bonds is 7. The van der Waals surface area contributed by atoms with Gasteiger partial charge in [-0.05, 0) is 62.3 Å². The van der Waals surface area contributed by atoms with Crippen LogP contribution >= 0.6 is 0 Å². The first-order chi connectivity index (χ1) is 14.6. The lowest BCUT2D eigenvalue weighted by molar-refractivity contribution is -0.129. The van der Waals surface area contributed by atoms with Crippen molar-refractivity contribution in [2.75, 3.05) is 6.54 Å². The van der Waals surface area contributed by atoms with Crippen LogP contribution in [-0.4, -0.2) is 50.3 Å². The summed E-state index contributed by atoms with van der Waals surface area (Å²) in [6.45, 7) is 1.30. The zero-order valence-corrected chi connectivity index (χ0v) is 16.8. The number of nitrogens with zero attached hydrogens (tertiary/aromatic N) is 4. The van der Waals surface area contributed by atoms with Crippen molar-refractivity contribution < 1.29 is 14.0 Å². The van der Waals surface area contributed by atoms with Gasteiger partial charge in [0.15, 0.2) is 5.69 Å². The lowest BCUT2D eigenvalue weighted by Crippen LogP contribution is -2.43. The third-order valence-electron chi connectivity index (χ3n) is 5.55. The van der Waals surface area contributed by atoms with Crippen LogP contribution in [0.5, 0.6) is 0 Å². The van der Waals surface area contributed by atoms with E-state index in [0.29, 0.717) is 24.3 Å². The Hall–Kier alpha value is -3.03. The van der Waals surface area contributed by atoms with Crippen LogP contribution in [0.4, 0.5) is 4.39 Å². The molecule has 0 radical (unpaired) electrons. The van der Waals surface area contributed by atoms with Gasteiger partial charge in [-0.2, -0.15) is 0 Å². The number of carbonyl (C=O) groups excluding carboxylic acids is 2. The standard InChI is InChI=1S/C22H26FN5O2/c23-17-5-3-4-16(14-17)7-10-21(29)28-12-2-1-6-19(28)11-13-27-15-20(25-26-27)22(30)24-18-8-9-18/h3-5,7,10,14-15,18-19H,1-2,6,8-9,11-13H2,(H,24,30)/b10-7-. The number of piperidine rings is 1. The minimum Gasteiger partial charge on any atom is -0.348 e. The molecule has 4 rings (SSSR count). The van der Waals surface area contributed by atoms with E-state index >= 15 is 0 Å². The predicted molar refractivity (Wildman–Crippen MR) is 110 cm³/mol. The zero-order chi connectivity index (χ0) is 20.9. The molecule has 1 atom stereocenters. The maximum Gasteiger partial charge on any atom is 0.273 e. The van der Waals surface area contributed by atoms with Crippen molar-refractivity contribution in [2.45, 2.75) is 57.2 Å². The molecule has 1 saturated carbocycles. The largest absolute Gasteiger partial charge is 0.348 e. The van der Waals surface area contributed by atoms with Crippen LogP contribution in [-0.2, 0) is 11.3 Å². The number of benzene rings is 1. The van der Waals surface area contributed by atoms with E-state index in [1.54, 1.807) is 29.1 Å². The molecule has 1 aromatic heterocycles. The molecule has 0 spiro atoms. The van der Waals surface area contributed by atoms with Gasteiger partial charge in [-0.3, -0.25) is 14.3 Å². The highest BCUT2D eigenvalue weighted by molar-refractivity contribution is 5.92. The van der Waals surface area contributed by atoms with E-state index in [2.05, 4.69) is 15.6 Å². The molecule has 2 fully saturated rings. The van der Waals surface area contributed by atoms with Crippen molar-refractivity contribution in [1.29, 1.82) is 0 Å². The highest BCUT2D eigenvalue weighted by Gasteiger charge is 2.26. The van der Waals surface area contributed by atoms with Gasteiger partial charge in [-0.1, -0.05) is 17.3 Å². The Morgan fingerprint density at radius 2 is 2.10 bits per heavy atom. The van der Waals surface area contributed by atoms with Crippen molar-refractivity contribution >= 4 is 17.9 Å². The van der Waals surface area contributed by atoms with Gasteiger partial charge in [0.25, 0.3) is 5.91 Å². The van der Waals surface area contributed by atoms with Crippen molar-refractivity contribution in [3.63, 3.8) is 0 Å². The van der Waals surface area contributed by atoms with Gasteiger partial charge in [0.05, 0.1) is 6.20 Å². The first-order valence-electron chi connectivity index (χ1n) is 10.5. The monoisotopic (exact) mass is 411 g/mol. The van der Waals surface area contributed by atoms with E-state index in [4.69, 9.17) is 0 Å². The van der Waals surface area contributed by atoms with Crippen LogP contribution in [0, 0.1) is 5.82 Å². The SMILES string of the molecule is O=C(NC1CC1)c1cn(CCC2CCCCN2C(=O)/C=C\c2cccc(F)c2)nn1. The smallest absolute Gasteiger partial charge is 0.273 e. The number of carbonyl (C=O) groups is 2. The molecule has 1 aromatic carbocycles. The second kappa shape index (κ2) is 9.19. The first kappa shape index (κ1) is 20.3. The summed E-state index contributed by atoms with van der Waals surface area (Å²) in [5.74, 6) is -0.564. The Labute approximate surface area is 174 Å². The fourth-order valence-electron chi connectivity index (χ4n) is 3.74. The summed E-state index contributed by atoms with van der Waals surface area (Å²) in [6, 6.07) is 6.56. The van der Waals surface area contributed by atoms with Gasteiger partial charge in [-0.25, -0.2) is 4.39 Å². The fourth-order valence-corrected chi connectivity index (χ4v) is 3.74. The van der Waals surface area contributed by atoms with Crippen LogP contribution in [0.15, 0.2) is 36.5 Å². The van der Waals surface area contributed by atoms with E-state index in [9.17, 15) is 14.0 Å². The van der Waals surface area contributed by atoms with Gasteiger partial charge >= 0.3 is 0 Å². The summed E-state index contributed by atoms with van der Waals surface area (Å²) in [7, 11) is 0. The summed E-state index contributed by atoms with van der Waals surface area (Å²) < 4.78 is 15.0. The van der Waals surface area contributed by atoms with Gasteiger partial charge in [0.1, 0.15) is 5.82 Å². The molecule has 1 saturated heterocycles. The number of nitrogens with one attached hydrogen (secondary N) is 1. The van der Waals surface area contributed by atoms with Gasteiger partial charge < -0.3 is 10.2 Å². The predicted octanol–water partition coefficient (Wildman–Crippen LogP) is 2.79. The molecular weight excluding hydrogens is 385 g/mol. The molecule has 7 nitrogen and oxygen atoms in total. The van der Waals surface area contributed by atoms with Gasteiger partial charge in [-0.15, -0.1) is 5.10 Å². The summed E-state index contributed by atoms with van der Waals surface area (Å²) in [6.07, 6.45) is 10.6. The number of likely N-dealkylation sites (tertiary alicyclic amines) is 1. The second-order valence-corrected chi connectivity index (χ2v) is 7.97. The van der Waals surface area contributed by atoms with Crippen LogP contribution in [0.25, 0.3) is 6.08 Å². The van der Waals surface area contributed by atoms with E-state index in [-0.39, 0.29) is 29.7 Å². The van der Waals surface area contributed by atoms with Crippen molar-refractivity contribution in [3.05, 3.63) is 53.6 Å². The molecule has 8 heteroatoms. The third-order valence-corrected chi connectivity index (χ3v) is 5.55. The van der Waals surface area contributed by atoms with E-state index < -0.39 is 0 Å². The summed E-state index contributed by atoms with van der Waals surface area (Å²) >= 11 is 0. The fraction of sp³-hybridized carbons (Fsp3) is 0.455. The van der Waals surface area contributed by atoms with E-state index in [1.807, 2.05) is 4.90 Å². The molecule has 1 N–H and O–H groups in total. The molecule has 0 bridgehead atoms. The number of halogens is 1. The Balaban J connectivity index is 1.33. The molecule has 2 heterocycles. The van der Waals surface area contributed by atoms with Crippen LogP contribution in [0.1, 0.15) is 54.6 Å². The molecule has 1 unspecified atom stereocenters. The Kier molecular flexibility index (Phi) is 6.21. The van der Waals surface area contributed by atoms with Crippen LogP contribution in [0.3, 0.4) is 0 Å². The molecule has 2 aliphatic rings. The minimum atomic E-state index is -0.321. The average molecular weight is 411 g/mol. The van der Waals surface area contributed by atoms with E-state index in [1.165, 1.54) is 18.2 Å². The van der Waals surface area contributed by atoms with Crippen molar-refractivity contribution in [1.82, 2.24) is 25.2 Å². The van der Waals surface area contributed by atoms with Crippen molar-refractivity contribution in [3.8, 4) is 0 Å². The minimum absolute atomic E-state index is 0.0629. The average Bonchev–Trinajstić information content (AvgIpc) is 3.43. The van der Waals surface area contributed by atoms with Gasteiger partial charge in [0.2, 0.25) is 5.91 Å². The molecular formula is C22H26FN5O2. The highest BCUT2D eigenvalue weighted by atomic mass is 19.1. The lowest BCUT2D eigenvalue weighted by Gasteiger charge is -2.35. The zero-order valence-electron chi connectivity index (χ0n) is 16.8. The normalized spacial score (nSPS) is 19.2. The number of aryl methyl sites for hydroxylation is 1. The highest BCUT2D eigenvalue weighted by Crippen LogP contribution is 2.21. The summed E-state index contributed by atoms with van der Waals surface area (Å²) in [4.78, 5) is 26.7. The molecule has 2 amide bonds. The number of aromatic nitrogens is 3. The van der Waals surface area contributed by atoms with Gasteiger partial charge in [0, 0.05) is 31.2 Å². The topological polar surface area (TPSA) is 80.1 Å². The molecule has 1 aliphatic carbocycles. The summed E-state index contributed by atoms with van der Waals surface area (Å²) in [5.41, 5.74) is 0.994. The molecule has 1 aliphatic heterocycles. The molecule has 2 aromatic rings. The van der Waals surface area contributed by atoms with Crippen molar-refractivity contribution in [2.24, 2.45) is 0 Å². The Morgan fingerprint density at radius 3 is 2.90 bits per heavy atom. The van der Waals surface area contributed by atoms with Crippen LogP contribution in [0.2, 0.25) is 0 Å². The maximum atomic E-state index is 13.3. The lowest BCUT2D eigenvalue weighted by atomic mass is 9.99. The molecule has 158 valence electrons. The number of hydrogen-bond donors (Lipinski definition) is 1. The summed E-state index contributed by atoms with van der Waals surface area (Å²) in [5, 5.41) is 10.9. The second-order valence-electron chi connectivity index (χ2n) is 7.97. The Bertz CT molecular complexity index is 937. The number of hydrogen-bond acceptors (Lipinski definition) is 4. The Morgan fingerprint density at radius 1 is 1.23 bits per heavy atom. The first-order valence-corrected chi connectivity index (χ1v) is 10.5.